The van der Waals surface area contributed by atoms with Gasteiger partial charge < -0.3 is 14.9 Å². The number of carbonyl (C=O) groups is 1. The van der Waals surface area contributed by atoms with Gasteiger partial charge in [0.25, 0.3) is 10.0 Å². The van der Waals surface area contributed by atoms with Crippen molar-refractivity contribution in [3.05, 3.63) is 77.5 Å². The monoisotopic (exact) mass is 492 g/mol. The molecule has 0 atom stereocenters. The molecule has 0 spiro atoms. The Bertz CT molecular complexity index is 1340. The number of sulfonamides is 1. The average Bonchev–Trinajstić information content (AvgIpc) is 2.89. The predicted molar refractivity (Wildman–Crippen MR) is 136 cm³/mol. The van der Waals surface area contributed by atoms with Gasteiger partial charge in [-0.15, -0.1) is 0 Å². The standard InChI is InChI=1S/C26H28N4O4S/c31-26(32)23-18-21(28-35(33,34)22-10-8-19-5-1-2-6-20(19)17-22)9-11-24(23)29-13-15-30(16-14-29)25-7-3-4-12-27-25/h3-4,7-12,17-18,28H,1-2,5-6,13-16H2,(H,31,32). The number of pyridine rings is 1. The lowest BCUT2D eigenvalue weighted by molar-refractivity contribution is 0.0697. The number of aromatic carboxylic acids is 1. The number of nitrogens with one attached hydrogen (secondary N) is 1. The summed E-state index contributed by atoms with van der Waals surface area (Å²) in [5.41, 5.74) is 3.16. The van der Waals surface area contributed by atoms with E-state index in [1.807, 2.05) is 29.2 Å². The van der Waals surface area contributed by atoms with E-state index >= 15 is 0 Å². The van der Waals surface area contributed by atoms with E-state index in [2.05, 4.69) is 14.6 Å². The maximum absolute atomic E-state index is 13.0. The zero-order valence-electron chi connectivity index (χ0n) is 19.4. The minimum Gasteiger partial charge on any atom is -0.478 e. The third-order valence-electron chi connectivity index (χ3n) is 6.70. The van der Waals surface area contributed by atoms with Crippen LogP contribution in [0.2, 0.25) is 0 Å². The summed E-state index contributed by atoms with van der Waals surface area (Å²) in [4.78, 5) is 20.8. The van der Waals surface area contributed by atoms with Gasteiger partial charge in [0.1, 0.15) is 5.82 Å². The highest BCUT2D eigenvalue weighted by Gasteiger charge is 2.24. The number of carboxylic acid groups (broad SMARTS) is 1. The Morgan fingerprint density at radius 1 is 0.886 bits per heavy atom. The van der Waals surface area contributed by atoms with Gasteiger partial charge in [0.05, 0.1) is 16.1 Å². The summed E-state index contributed by atoms with van der Waals surface area (Å²) in [6, 6.07) is 15.7. The summed E-state index contributed by atoms with van der Waals surface area (Å²) in [7, 11) is -3.84. The van der Waals surface area contributed by atoms with Crippen molar-refractivity contribution in [1.29, 1.82) is 0 Å². The number of hydrogen-bond donors (Lipinski definition) is 2. The molecule has 3 aromatic rings. The average molecular weight is 493 g/mol. The molecule has 35 heavy (non-hydrogen) atoms. The molecule has 5 rings (SSSR count). The fourth-order valence-corrected chi connectivity index (χ4v) is 5.95. The molecule has 0 saturated carbocycles. The van der Waals surface area contributed by atoms with Crippen LogP contribution in [0.1, 0.15) is 34.3 Å². The molecule has 1 aromatic heterocycles. The van der Waals surface area contributed by atoms with E-state index in [-0.39, 0.29) is 16.1 Å². The van der Waals surface area contributed by atoms with Gasteiger partial charge in [-0.05, 0) is 79.3 Å². The van der Waals surface area contributed by atoms with Crippen LogP contribution in [0.15, 0.2) is 65.7 Å². The van der Waals surface area contributed by atoms with E-state index in [9.17, 15) is 18.3 Å². The first-order chi connectivity index (χ1) is 16.9. The number of hydrogen-bond acceptors (Lipinski definition) is 6. The van der Waals surface area contributed by atoms with Gasteiger partial charge >= 0.3 is 5.97 Å². The Kier molecular flexibility index (Phi) is 6.34. The number of aryl methyl sites for hydroxylation is 2. The van der Waals surface area contributed by atoms with Crippen molar-refractivity contribution >= 4 is 33.2 Å². The number of piperazine rings is 1. The van der Waals surface area contributed by atoms with Crippen LogP contribution in [0.25, 0.3) is 0 Å². The van der Waals surface area contributed by atoms with E-state index in [0.717, 1.165) is 37.1 Å². The van der Waals surface area contributed by atoms with E-state index < -0.39 is 16.0 Å². The lowest BCUT2D eigenvalue weighted by Gasteiger charge is -2.37. The molecule has 1 aliphatic heterocycles. The molecule has 0 amide bonds. The van der Waals surface area contributed by atoms with Gasteiger partial charge in [0.15, 0.2) is 0 Å². The summed E-state index contributed by atoms with van der Waals surface area (Å²) < 4.78 is 28.7. The van der Waals surface area contributed by atoms with Crippen LogP contribution in [0.3, 0.4) is 0 Å². The fourth-order valence-electron chi connectivity index (χ4n) is 4.85. The SMILES string of the molecule is O=C(O)c1cc(NS(=O)(=O)c2ccc3c(c2)CCCC3)ccc1N1CCN(c2ccccn2)CC1. The Morgan fingerprint density at radius 2 is 1.63 bits per heavy atom. The largest absolute Gasteiger partial charge is 0.478 e. The number of rotatable bonds is 6. The molecule has 0 radical (unpaired) electrons. The lowest BCUT2D eigenvalue weighted by Crippen LogP contribution is -2.47. The zero-order chi connectivity index (χ0) is 24.4. The van der Waals surface area contributed by atoms with Gasteiger partial charge in [-0.3, -0.25) is 4.72 Å². The quantitative estimate of drug-likeness (QED) is 0.540. The minimum absolute atomic E-state index is 0.0712. The highest BCUT2D eigenvalue weighted by Crippen LogP contribution is 2.29. The van der Waals surface area contributed by atoms with Crippen LogP contribution in [-0.4, -0.2) is 50.7 Å². The molecule has 2 heterocycles. The molecule has 1 saturated heterocycles. The molecular formula is C26H28N4O4S. The summed E-state index contributed by atoms with van der Waals surface area (Å²) in [5, 5.41) is 9.87. The number of nitrogens with zero attached hydrogens (tertiary/aromatic N) is 3. The number of fused-ring (bicyclic) bond motifs is 1. The van der Waals surface area contributed by atoms with Crippen molar-refractivity contribution in [3.8, 4) is 0 Å². The molecule has 8 nitrogen and oxygen atoms in total. The van der Waals surface area contributed by atoms with Gasteiger partial charge in [0, 0.05) is 38.1 Å². The molecular weight excluding hydrogens is 464 g/mol. The van der Waals surface area contributed by atoms with Gasteiger partial charge in [-0.1, -0.05) is 12.1 Å². The van der Waals surface area contributed by atoms with Crippen molar-refractivity contribution in [1.82, 2.24) is 4.98 Å². The third-order valence-corrected chi connectivity index (χ3v) is 8.08. The molecule has 1 aliphatic carbocycles. The van der Waals surface area contributed by atoms with Crippen LogP contribution in [-0.2, 0) is 22.9 Å². The number of carboxylic acids is 1. The topological polar surface area (TPSA) is 103 Å². The molecule has 0 unspecified atom stereocenters. The van der Waals surface area contributed by atoms with Crippen molar-refractivity contribution < 1.29 is 18.3 Å². The van der Waals surface area contributed by atoms with Crippen LogP contribution >= 0.6 is 0 Å². The number of anilines is 3. The summed E-state index contributed by atoms with van der Waals surface area (Å²) in [6.45, 7) is 2.69. The second kappa shape index (κ2) is 9.58. The van der Waals surface area contributed by atoms with Gasteiger partial charge in [-0.25, -0.2) is 18.2 Å². The fraction of sp³-hybridized carbons (Fsp3) is 0.308. The second-order valence-corrected chi connectivity index (χ2v) is 10.6. The third kappa shape index (κ3) is 4.95. The normalized spacial score (nSPS) is 16.0. The van der Waals surface area contributed by atoms with E-state index in [1.165, 1.54) is 11.6 Å². The Labute approximate surface area is 205 Å². The highest BCUT2D eigenvalue weighted by atomic mass is 32.2. The maximum Gasteiger partial charge on any atom is 0.337 e. The smallest absolute Gasteiger partial charge is 0.337 e. The molecule has 182 valence electrons. The van der Waals surface area contributed by atoms with Crippen molar-refractivity contribution in [2.45, 2.75) is 30.6 Å². The van der Waals surface area contributed by atoms with E-state index in [4.69, 9.17) is 0 Å². The number of aromatic nitrogens is 1. The van der Waals surface area contributed by atoms with Crippen LogP contribution < -0.4 is 14.5 Å². The first kappa shape index (κ1) is 23.2. The second-order valence-electron chi connectivity index (χ2n) is 8.94. The number of benzene rings is 2. The zero-order valence-corrected chi connectivity index (χ0v) is 20.2. The minimum atomic E-state index is -3.84. The van der Waals surface area contributed by atoms with Gasteiger partial charge in [0.2, 0.25) is 0 Å². The summed E-state index contributed by atoms with van der Waals surface area (Å²) >= 11 is 0. The predicted octanol–water partition coefficient (Wildman–Crippen LogP) is 3.79. The molecule has 1 fully saturated rings. The van der Waals surface area contributed by atoms with E-state index in [0.29, 0.717) is 31.9 Å². The molecule has 0 bridgehead atoms. The van der Waals surface area contributed by atoms with Crippen LogP contribution in [0.5, 0.6) is 0 Å². The van der Waals surface area contributed by atoms with Gasteiger partial charge in [-0.2, -0.15) is 0 Å². The molecule has 2 aliphatic rings. The first-order valence-electron chi connectivity index (χ1n) is 11.8. The highest BCUT2D eigenvalue weighted by molar-refractivity contribution is 7.92. The van der Waals surface area contributed by atoms with E-state index in [1.54, 1.807) is 30.5 Å². The van der Waals surface area contributed by atoms with Crippen LogP contribution in [0, 0.1) is 0 Å². The summed E-state index contributed by atoms with van der Waals surface area (Å²) in [6.07, 6.45) is 5.80. The van der Waals surface area contributed by atoms with Crippen molar-refractivity contribution in [2.24, 2.45) is 0 Å². The molecule has 9 heteroatoms. The van der Waals surface area contributed by atoms with Crippen molar-refractivity contribution in [3.63, 3.8) is 0 Å². The Balaban J connectivity index is 1.34. The first-order valence-corrected chi connectivity index (χ1v) is 13.3. The van der Waals surface area contributed by atoms with Crippen LogP contribution in [0.4, 0.5) is 17.2 Å². The van der Waals surface area contributed by atoms with Crippen molar-refractivity contribution in [2.75, 3.05) is 40.7 Å². The Morgan fingerprint density at radius 3 is 2.34 bits per heavy atom. The maximum atomic E-state index is 13.0. The molecule has 2 N–H and O–H groups in total. The Hall–Kier alpha value is -3.59. The molecule has 2 aromatic carbocycles. The summed E-state index contributed by atoms with van der Waals surface area (Å²) in [5.74, 6) is -0.195. The lowest BCUT2D eigenvalue weighted by atomic mass is 9.92.